The molecule has 2 aromatic carbocycles. The van der Waals surface area contributed by atoms with E-state index in [2.05, 4.69) is 15.3 Å². The standard InChI is InChI=1S/C25H24F3N3O4/c1-3-34-21(32)14-29-24(33)22-23(35-15-18-7-5-4-6-8-18)16(2)30-20(31-22)13-17-9-11-19(12-10-17)25(26,27)28/h4-12H,3,13-15H2,1-2H3,(H,29,33). The highest BCUT2D eigenvalue weighted by Gasteiger charge is 2.30. The predicted octanol–water partition coefficient (Wildman–Crippen LogP) is 4.27. The van der Waals surface area contributed by atoms with E-state index >= 15 is 0 Å². The second kappa shape index (κ2) is 11.5. The summed E-state index contributed by atoms with van der Waals surface area (Å²) in [5.74, 6) is -0.911. The van der Waals surface area contributed by atoms with Crippen LogP contribution in [0, 0.1) is 6.92 Å². The summed E-state index contributed by atoms with van der Waals surface area (Å²) in [4.78, 5) is 33.3. The number of carbonyl (C=O) groups is 2. The first-order chi connectivity index (χ1) is 16.7. The topological polar surface area (TPSA) is 90.4 Å². The van der Waals surface area contributed by atoms with Crippen LogP contribution in [0.1, 0.15) is 45.6 Å². The third-order valence-electron chi connectivity index (χ3n) is 4.86. The van der Waals surface area contributed by atoms with Crippen molar-refractivity contribution in [1.82, 2.24) is 15.3 Å². The molecule has 0 fully saturated rings. The SMILES string of the molecule is CCOC(=O)CNC(=O)c1nc(Cc2ccc(C(F)(F)F)cc2)nc(C)c1OCc1ccccc1. The first kappa shape index (κ1) is 25.7. The minimum absolute atomic E-state index is 0.0837. The molecule has 3 aromatic rings. The number of ether oxygens (including phenoxy) is 2. The molecular weight excluding hydrogens is 463 g/mol. The van der Waals surface area contributed by atoms with E-state index in [0.717, 1.165) is 17.7 Å². The van der Waals surface area contributed by atoms with Gasteiger partial charge in [0, 0.05) is 6.42 Å². The largest absolute Gasteiger partial charge is 0.485 e. The lowest BCUT2D eigenvalue weighted by Crippen LogP contribution is -2.32. The number of hydrogen-bond acceptors (Lipinski definition) is 6. The van der Waals surface area contributed by atoms with Crippen LogP contribution in [0.5, 0.6) is 5.75 Å². The maximum absolute atomic E-state index is 12.9. The van der Waals surface area contributed by atoms with Crippen molar-refractivity contribution in [2.75, 3.05) is 13.2 Å². The summed E-state index contributed by atoms with van der Waals surface area (Å²) in [7, 11) is 0. The molecule has 0 atom stereocenters. The van der Waals surface area contributed by atoms with Crippen molar-refractivity contribution in [2.45, 2.75) is 33.1 Å². The van der Waals surface area contributed by atoms with Crippen molar-refractivity contribution >= 4 is 11.9 Å². The van der Waals surface area contributed by atoms with E-state index in [1.165, 1.54) is 12.1 Å². The van der Waals surface area contributed by atoms with Crippen molar-refractivity contribution in [2.24, 2.45) is 0 Å². The van der Waals surface area contributed by atoms with Gasteiger partial charge < -0.3 is 14.8 Å². The Labute approximate surface area is 200 Å². The summed E-state index contributed by atoms with van der Waals surface area (Å²) in [6.45, 7) is 3.25. The maximum Gasteiger partial charge on any atom is 0.416 e. The molecule has 0 saturated carbocycles. The van der Waals surface area contributed by atoms with Gasteiger partial charge in [-0.15, -0.1) is 0 Å². The van der Waals surface area contributed by atoms with Gasteiger partial charge in [-0.1, -0.05) is 42.5 Å². The van der Waals surface area contributed by atoms with E-state index < -0.39 is 23.6 Å². The molecule has 1 amide bonds. The average Bonchev–Trinajstić information content (AvgIpc) is 2.82. The maximum atomic E-state index is 12.9. The van der Waals surface area contributed by atoms with Crippen LogP contribution in [0.4, 0.5) is 13.2 Å². The van der Waals surface area contributed by atoms with Crippen LogP contribution in [-0.2, 0) is 28.7 Å². The Hall–Kier alpha value is -3.95. The van der Waals surface area contributed by atoms with E-state index in [4.69, 9.17) is 9.47 Å². The second-order valence-corrected chi connectivity index (χ2v) is 7.54. The quantitative estimate of drug-likeness (QED) is 0.454. The number of halogens is 3. The monoisotopic (exact) mass is 487 g/mol. The molecule has 1 aromatic heterocycles. The van der Waals surface area contributed by atoms with Crippen LogP contribution in [0.3, 0.4) is 0 Å². The van der Waals surface area contributed by atoms with E-state index in [9.17, 15) is 22.8 Å². The number of alkyl halides is 3. The summed E-state index contributed by atoms with van der Waals surface area (Å²) >= 11 is 0. The number of aromatic nitrogens is 2. The Morgan fingerprint density at radius 1 is 0.971 bits per heavy atom. The van der Waals surface area contributed by atoms with Crippen molar-refractivity contribution in [3.8, 4) is 5.75 Å². The van der Waals surface area contributed by atoms with Gasteiger partial charge in [-0.05, 0) is 37.1 Å². The number of carbonyl (C=O) groups excluding carboxylic acids is 2. The molecule has 0 spiro atoms. The highest BCUT2D eigenvalue weighted by atomic mass is 19.4. The van der Waals surface area contributed by atoms with Crippen LogP contribution >= 0.6 is 0 Å². The normalized spacial score (nSPS) is 11.1. The lowest BCUT2D eigenvalue weighted by molar-refractivity contribution is -0.142. The minimum atomic E-state index is -4.44. The Kier molecular flexibility index (Phi) is 8.40. The molecule has 1 N–H and O–H groups in total. The van der Waals surface area contributed by atoms with Crippen LogP contribution in [-0.4, -0.2) is 35.0 Å². The number of aryl methyl sites for hydroxylation is 1. The molecule has 1 heterocycles. The number of rotatable bonds is 9. The fourth-order valence-electron chi connectivity index (χ4n) is 3.20. The molecule has 0 aliphatic rings. The van der Waals surface area contributed by atoms with Crippen LogP contribution in [0.15, 0.2) is 54.6 Å². The summed E-state index contributed by atoms with van der Waals surface area (Å²) in [6.07, 6.45) is -4.34. The highest BCUT2D eigenvalue weighted by Crippen LogP contribution is 2.29. The lowest BCUT2D eigenvalue weighted by Gasteiger charge is -2.15. The fraction of sp³-hybridized carbons (Fsp3) is 0.280. The van der Waals surface area contributed by atoms with E-state index in [0.29, 0.717) is 11.3 Å². The van der Waals surface area contributed by atoms with Gasteiger partial charge in [-0.3, -0.25) is 9.59 Å². The zero-order valence-corrected chi connectivity index (χ0v) is 19.2. The summed E-state index contributed by atoms with van der Waals surface area (Å²) < 4.78 is 49.2. The van der Waals surface area contributed by atoms with Gasteiger partial charge >= 0.3 is 12.1 Å². The molecule has 35 heavy (non-hydrogen) atoms. The first-order valence-corrected chi connectivity index (χ1v) is 10.8. The van der Waals surface area contributed by atoms with Crippen molar-refractivity contribution in [3.05, 3.63) is 88.5 Å². The van der Waals surface area contributed by atoms with Gasteiger partial charge in [0.05, 0.1) is 17.9 Å². The summed E-state index contributed by atoms with van der Waals surface area (Å²) in [5, 5.41) is 2.46. The molecule has 0 saturated heterocycles. The van der Waals surface area contributed by atoms with E-state index in [1.54, 1.807) is 13.8 Å². The van der Waals surface area contributed by atoms with Gasteiger partial charge in [-0.25, -0.2) is 9.97 Å². The number of benzene rings is 2. The van der Waals surface area contributed by atoms with Gasteiger partial charge in [0.15, 0.2) is 11.4 Å². The number of amides is 1. The predicted molar refractivity (Wildman–Crippen MR) is 121 cm³/mol. The molecule has 0 aliphatic heterocycles. The molecule has 0 unspecified atom stereocenters. The fourth-order valence-corrected chi connectivity index (χ4v) is 3.20. The highest BCUT2D eigenvalue weighted by molar-refractivity contribution is 5.96. The van der Waals surface area contributed by atoms with Gasteiger partial charge in [0.2, 0.25) is 0 Å². The van der Waals surface area contributed by atoms with Crippen LogP contribution in [0.25, 0.3) is 0 Å². The number of nitrogens with zero attached hydrogens (tertiary/aromatic N) is 2. The Morgan fingerprint density at radius 2 is 1.66 bits per heavy atom. The van der Waals surface area contributed by atoms with E-state index in [-0.39, 0.29) is 43.4 Å². The molecule has 0 radical (unpaired) electrons. The molecule has 0 aliphatic carbocycles. The van der Waals surface area contributed by atoms with Crippen LogP contribution in [0.2, 0.25) is 0 Å². The minimum Gasteiger partial charge on any atom is -0.485 e. The molecule has 7 nitrogen and oxygen atoms in total. The van der Waals surface area contributed by atoms with Gasteiger partial charge in [-0.2, -0.15) is 13.2 Å². The molecule has 184 valence electrons. The third-order valence-corrected chi connectivity index (χ3v) is 4.86. The lowest BCUT2D eigenvalue weighted by atomic mass is 10.1. The zero-order valence-electron chi connectivity index (χ0n) is 19.2. The van der Waals surface area contributed by atoms with E-state index in [1.807, 2.05) is 30.3 Å². The molecular formula is C25H24F3N3O4. The number of esters is 1. The first-order valence-electron chi connectivity index (χ1n) is 10.8. The number of nitrogens with one attached hydrogen (secondary N) is 1. The van der Waals surface area contributed by atoms with Gasteiger partial charge in [0.25, 0.3) is 5.91 Å². The Balaban J connectivity index is 1.86. The molecule has 3 rings (SSSR count). The smallest absolute Gasteiger partial charge is 0.416 e. The Bertz CT molecular complexity index is 1170. The van der Waals surface area contributed by atoms with Crippen LogP contribution < -0.4 is 10.1 Å². The Morgan fingerprint density at radius 3 is 2.29 bits per heavy atom. The third kappa shape index (κ3) is 7.26. The average molecular weight is 487 g/mol. The summed E-state index contributed by atoms with van der Waals surface area (Å²) in [5.41, 5.74) is 0.924. The molecule has 10 heteroatoms. The molecule has 0 bridgehead atoms. The second-order valence-electron chi connectivity index (χ2n) is 7.54. The van der Waals surface area contributed by atoms with Crippen molar-refractivity contribution < 1.29 is 32.2 Å². The van der Waals surface area contributed by atoms with Gasteiger partial charge in [0.1, 0.15) is 19.0 Å². The van der Waals surface area contributed by atoms with Crippen molar-refractivity contribution in [3.63, 3.8) is 0 Å². The zero-order chi connectivity index (χ0) is 25.4. The van der Waals surface area contributed by atoms with Crippen molar-refractivity contribution in [1.29, 1.82) is 0 Å². The summed E-state index contributed by atoms with van der Waals surface area (Å²) in [6, 6.07) is 13.9. The number of hydrogen-bond donors (Lipinski definition) is 1.